The van der Waals surface area contributed by atoms with Crippen LogP contribution in [0.2, 0.25) is 6.04 Å². The molecule has 0 radical (unpaired) electrons. The molecule has 0 N–H and O–H groups in total. The van der Waals surface area contributed by atoms with Gasteiger partial charge in [-0.3, -0.25) is 0 Å². The predicted molar refractivity (Wildman–Crippen MR) is 91.6 cm³/mol. The Morgan fingerprint density at radius 3 is 1.64 bits per heavy atom. The van der Waals surface area contributed by atoms with Crippen molar-refractivity contribution < 1.29 is 14.2 Å². The number of hydrogen-bond acceptors (Lipinski definition) is 3. The number of hydrogen-bond donors (Lipinski definition) is 0. The lowest BCUT2D eigenvalue weighted by molar-refractivity contribution is -0.381. The molecular weight excluding hydrogens is 292 g/mol. The SMILES string of the molecule is COC(CC[SiH3])(OCc1ccccc1)OCc1ccccc1. The van der Waals surface area contributed by atoms with Gasteiger partial charge in [0.1, 0.15) is 0 Å². The molecule has 0 amide bonds. The molecule has 0 unspecified atom stereocenters. The van der Waals surface area contributed by atoms with E-state index >= 15 is 0 Å². The van der Waals surface area contributed by atoms with Gasteiger partial charge in [0.05, 0.1) is 13.2 Å². The van der Waals surface area contributed by atoms with Crippen LogP contribution in [0.4, 0.5) is 0 Å². The lowest BCUT2D eigenvalue weighted by Crippen LogP contribution is -2.38. The molecule has 3 nitrogen and oxygen atoms in total. The third-order valence-electron chi connectivity index (χ3n) is 3.47. The highest BCUT2D eigenvalue weighted by Gasteiger charge is 2.31. The van der Waals surface area contributed by atoms with Crippen molar-refractivity contribution in [3.63, 3.8) is 0 Å². The maximum absolute atomic E-state index is 6.00. The monoisotopic (exact) mass is 316 g/mol. The van der Waals surface area contributed by atoms with Crippen molar-refractivity contribution in [2.75, 3.05) is 7.11 Å². The molecule has 0 aliphatic carbocycles. The van der Waals surface area contributed by atoms with E-state index in [4.69, 9.17) is 14.2 Å². The van der Waals surface area contributed by atoms with Crippen molar-refractivity contribution in [2.24, 2.45) is 0 Å². The van der Waals surface area contributed by atoms with Crippen LogP contribution in [-0.4, -0.2) is 23.3 Å². The van der Waals surface area contributed by atoms with Crippen LogP contribution in [0.15, 0.2) is 60.7 Å². The molecule has 0 saturated carbocycles. The first-order valence-electron chi connectivity index (χ1n) is 7.69. The summed E-state index contributed by atoms with van der Waals surface area (Å²) in [7, 11) is 2.74. The highest BCUT2D eigenvalue weighted by atomic mass is 28.1. The smallest absolute Gasteiger partial charge is 0.282 e. The maximum Gasteiger partial charge on any atom is 0.282 e. The summed E-state index contributed by atoms with van der Waals surface area (Å²) in [6, 6.07) is 21.2. The fourth-order valence-corrected chi connectivity index (χ4v) is 2.86. The van der Waals surface area contributed by atoms with Gasteiger partial charge in [-0.25, -0.2) is 0 Å². The predicted octanol–water partition coefficient (Wildman–Crippen LogP) is 2.89. The molecule has 0 aliphatic rings. The van der Waals surface area contributed by atoms with Crippen LogP contribution in [-0.2, 0) is 27.4 Å². The first kappa shape index (κ1) is 16.9. The molecule has 0 atom stereocenters. The zero-order valence-corrected chi connectivity index (χ0v) is 15.3. The Morgan fingerprint density at radius 1 is 0.818 bits per heavy atom. The van der Waals surface area contributed by atoms with Gasteiger partial charge in [-0.15, -0.1) is 0 Å². The van der Waals surface area contributed by atoms with E-state index in [0.29, 0.717) is 13.2 Å². The highest BCUT2D eigenvalue weighted by molar-refractivity contribution is 6.08. The molecule has 0 fully saturated rings. The van der Waals surface area contributed by atoms with Crippen molar-refractivity contribution in [2.45, 2.75) is 31.7 Å². The minimum absolute atomic E-state index is 0.477. The minimum Gasteiger partial charge on any atom is -0.331 e. The lowest BCUT2D eigenvalue weighted by Gasteiger charge is -2.32. The van der Waals surface area contributed by atoms with Crippen LogP contribution in [0.25, 0.3) is 0 Å². The fourth-order valence-electron chi connectivity index (χ4n) is 2.25. The van der Waals surface area contributed by atoms with E-state index in [1.165, 1.54) is 0 Å². The Kier molecular flexibility index (Phi) is 6.80. The lowest BCUT2D eigenvalue weighted by atomic mass is 10.2. The average Bonchev–Trinajstić information content (AvgIpc) is 2.59. The Morgan fingerprint density at radius 2 is 1.27 bits per heavy atom. The molecule has 0 heterocycles. The average molecular weight is 316 g/mol. The van der Waals surface area contributed by atoms with E-state index in [9.17, 15) is 0 Å². The molecule has 0 aliphatic heterocycles. The molecule has 0 aromatic heterocycles. The summed E-state index contributed by atoms with van der Waals surface area (Å²) in [5.41, 5.74) is 2.22. The van der Waals surface area contributed by atoms with Gasteiger partial charge in [-0.1, -0.05) is 66.7 Å². The van der Waals surface area contributed by atoms with E-state index in [-0.39, 0.29) is 0 Å². The molecule has 22 heavy (non-hydrogen) atoms. The molecule has 2 aromatic rings. The first-order valence-corrected chi connectivity index (χ1v) is 9.10. The van der Waals surface area contributed by atoms with Gasteiger partial charge >= 0.3 is 0 Å². The summed E-state index contributed by atoms with van der Waals surface area (Å²) in [6.45, 7) is 0.954. The Hall–Kier alpha value is -1.46. The van der Waals surface area contributed by atoms with Gasteiger partial charge in [0.15, 0.2) is 0 Å². The van der Waals surface area contributed by atoms with E-state index in [2.05, 4.69) is 0 Å². The molecule has 0 spiro atoms. The summed E-state index contributed by atoms with van der Waals surface area (Å²) >= 11 is 0. The van der Waals surface area contributed by atoms with Gasteiger partial charge in [-0.2, -0.15) is 0 Å². The number of rotatable bonds is 9. The van der Waals surface area contributed by atoms with Crippen LogP contribution >= 0.6 is 0 Å². The van der Waals surface area contributed by atoms with E-state index in [1.54, 1.807) is 7.11 Å². The molecule has 0 saturated heterocycles. The zero-order chi connectivity index (χ0) is 15.7. The molecule has 118 valence electrons. The van der Waals surface area contributed by atoms with Gasteiger partial charge in [0.25, 0.3) is 5.97 Å². The molecule has 0 bridgehead atoms. The fraction of sp³-hybridized carbons (Fsp3) is 0.333. The van der Waals surface area contributed by atoms with Crippen LogP contribution in [0.5, 0.6) is 0 Å². The minimum atomic E-state index is -0.965. The van der Waals surface area contributed by atoms with Crippen LogP contribution in [0.3, 0.4) is 0 Å². The number of benzene rings is 2. The van der Waals surface area contributed by atoms with Crippen molar-refractivity contribution >= 4 is 10.2 Å². The molecule has 2 aromatic carbocycles. The second-order valence-electron chi connectivity index (χ2n) is 5.19. The summed E-state index contributed by atoms with van der Waals surface area (Å²) < 4.78 is 17.6. The third kappa shape index (κ3) is 5.07. The van der Waals surface area contributed by atoms with Crippen molar-refractivity contribution in [3.05, 3.63) is 71.8 Å². The number of methoxy groups -OCH3 is 1. The van der Waals surface area contributed by atoms with Crippen molar-refractivity contribution in [1.29, 1.82) is 0 Å². The summed E-state index contributed by atoms with van der Waals surface area (Å²) in [5.74, 6) is -0.965. The Balaban J connectivity index is 1.99. The zero-order valence-electron chi connectivity index (χ0n) is 13.3. The van der Waals surface area contributed by atoms with Gasteiger partial charge in [-0.05, 0) is 11.1 Å². The molecule has 4 heteroatoms. The van der Waals surface area contributed by atoms with E-state index < -0.39 is 5.97 Å². The summed E-state index contributed by atoms with van der Waals surface area (Å²) in [6.07, 6.45) is 0.745. The van der Waals surface area contributed by atoms with Gasteiger partial charge in [0, 0.05) is 23.8 Å². The Labute approximate surface area is 135 Å². The first-order chi connectivity index (χ1) is 10.8. The largest absolute Gasteiger partial charge is 0.331 e. The molecule has 2 rings (SSSR count). The van der Waals surface area contributed by atoms with Crippen LogP contribution in [0.1, 0.15) is 17.5 Å². The Bertz CT molecular complexity index is 487. The second-order valence-corrected chi connectivity index (χ2v) is 6.19. The third-order valence-corrected chi connectivity index (χ3v) is 3.97. The quantitative estimate of drug-likeness (QED) is 0.526. The van der Waals surface area contributed by atoms with Gasteiger partial charge < -0.3 is 14.2 Å². The highest BCUT2D eigenvalue weighted by Crippen LogP contribution is 2.24. The summed E-state index contributed by atoms with van der Waals surface area (Å²) in [5, 5.41) is 0. The van der Waals surface area contributed by atoms with Crippen LogP contribution < -0.4 is 0 Å². The normalized spacial score (nSPS) is 11.7. The van der Waals surface area contributed by atoms with E-state index in [0.717, 1.165) is 33.8 Å². The maximum atomic E-state index is 6.00. The van der Waals surface area contributed by atoms with Crippen molar-refractivity contribution in [1.82, 2.24) is 0 Å². The summed E-state index contributed by atoms with van der Waals surface area (Å²) in [4.78, 5) is 0. The standard InChI is InChI=1S/C18H24O3Si/c1-19-18(12-13-22,20-14-16-8-4-2-5-9-16)21-15-17-10-6-3-7-11-17/h2-11H,12-15H2,1,22H3. The second kappa shape index (κ2) is 8.85. The molecular formula is C18H24O3Si. The van der Waals surface area contributed by atoms with Crippen LogP contribution in [0, 0.1) is 0 Å². The van der Waals surface area contributed by atoms with Gasteiger partial charge in [0.2, 0.25) is 0 Å². The topological polar surface area (TPSA) is 27.7 Å². The van der Waals surface area contributed by atoms with Crippen molar-refractivity contribution in [3.8, 4) is 0 Å². The van der Waals surface area contributed by atoms with E-state index in [1.807, 2.05) is 60.7 Å². The number of ether oxygens (including phenoxy) is 3.